The molecule has 3 aromatic rings. The van der Waals surface area contributed by atoms with Crippen molar-refractivity contribution in [1.29, 1.82) is 0 Å². The maximum absolute atomic E-state index is 12.3. The first kappa shape index (κ1) is 14.5. The highest BCUT2D eigenvalue weighted by Gasteiger charge is 2.15. The van der Waals surface area contributed by atoms with Gasteiger partial charge >= 0.3 is 0 Å². The molecule has 0 fully saturated rings. The van der Waals surface area contributed by atoms with Gasteiger partial charge in [-0.05, 0) is 31.5 Å². The molecule has 0 saturated carbocycles. The number of aromatic nitrogens is 4. The Morgan fingerprint density at radius 3 is 2.68 bits per heavy atom. The molecule has 1 N–H and O–H groups in total. The Labute approximate surface area is 133 Å². The molecule has 0 radical (unpaired) electrons. The van der Waals surface area contributed by atoms with Gasteiger partial charge in [-0.2, -0.15) is 0 Å². The third-order valence-corrected chi connectivity index (χ3v) is 3.81. The number of nitrogens with one attached hydrogen (secondary N) is 1. The molecule has 0 bridgehead atoms. The van der Waals surface area contributed by atoms with Crippen LogP contribution in [0.2, 0.25) is 0 Å². The Balaban J connectivity index is 1.98. The monoisotopic (exact) mass is 310 g/mol. The molecular formula is C16H14N4OS. The maximum atomic E-state index is 12.3. The summed E-state index contributed by atoms with van der Waals surface area (Å²) in [6, 6.07) is 5.34. The number of carbonyl (C=O) groups is 1. The van der Waals surface area contributed by atoms with Crippen LogP contribution < -0.4 is 0 Å². The van der Waals surface area contributed by atoms with E-state index in [1.54, 1.807) is 30.7 Å². The van der Waals surface area contributed by atoms with Gasteiger partial charge in [-0.1, -0.05) is 6.07 Å². The van der Waals surface area contributed by atoms with Crippen LogP contribution in [0.4, 0.5) is 0 Å². The molecule has 0 aliphatic rings. The maximum Gasteiger partial charge on any atom is 0.229 e. The summed E-state index contributed by atoms with van der Waals surface area (Å²) >= 11 is 4.42. The lowest BCUT2D eigenvalue weighted by atomic mass is 10.1. The fourth-order valence-electron chi connectivity index (χ4n) is 2.05. The molecular weight excluding hydrogens is 296 g/mol. The zero-order valence-corrected chi connectivity index (χ0v) is 13.1. The first-order valence-electron chi connectivity index (χ1n) is 6.74. The minimum atomic E-state index is -0.192. The molecule has 0 spiro atoms. The smallest absolute Gasteiger partial charge is 0.229 e. The van der Waals surface area contributed by atoms with E-state index in [4.69, 9.17) is 0 Å². The van der Waals surface area contributed by atoms with Gasteiger partial charge in [0.05, 0.1) is 0 Å². The van der Waals surface area contributed by atoms with Gasteiger partial charge in [-0.25, -0.2) is 15.0 Å². The zero-order valence-electron chi connectivity index (χ0n) is 12.2. The van der Waals surface area contributed by atoms with Crippen LogP contribution in [0.1, 0.15) is 27.4 Å². The van der Waals surface area contributed by atoms with Gasteiger partial charge in [0, 0.05) is 40.3 Å². The van der Waals surface area contributed by atoms with E-state index in [1.165, 1.54) is 0 Å². The molecule has 0 atom stereocenters. The molecule has 3 rings (SSSR count). The SMILES string of the molecule is Cc1cnc(-c2ccc(C(=O)c3ncc[nH]3)c(S)c2)nc1C. The van der Waals surface area contributed by atoms with E-state index in [-0.39, 0.29) is 5.78 Å². The number of imidazole rings is 1. The van der Waals surface area contributed by atoms with E-state index in [1.807, 2.05) is 19.9 Å². The summed E-state index contributed by atoms with van der Waals surface area (Å²) in [6.45, 7) is 3.91. The lowest BCUT2D eigenvalue weighted by Gasteiger charge is -2.07. The highest BCUT2D eigenvalue weighted by molar-refractivity contribution is 7.80. The van der Waals surface area contributed by atoms with Crippen molar-refractivity contribution in [3.8, 4) is 11.4 Å². The van der Waals surface area contributed by atoms with Crippen molar-refractivity contribution in [3.63, 3.8) is 0 Å². The molecule has 6 heteroatoms. The first-order chi connectivity index (χ1) is 10.6. The number of H-pyrrole nitrogens is 1. The molecule has 110 valence electrons. The third-order valence-electron chi connectivity index (χ3n) is 3.44. The van der Waals surface area contributed by atoms with Crippen molar-refractivity contribution in [1.82, 2.24) is 19.9 Å². The van der Waals surface area contributed by atoms with E-state index < -0.39 is 0 Å². The number of rotatable bonds is 3. The van der Waals surface area contributed by atoms with Crippen molar-refractivity contribution >= 4 is 18.4 Å². The fourth-order valence-corrected chi connectivity index (χ4v) is 2.36. The van der Waals surface area contributed by atoms with E-state index in [9.17, 15) is 4.79 Å². The van der Waals surface area contributed by atoms with E-state index >= 15 is 0 Å². The Hall–Kier alpha value is -2.47. The average Bonchev–Trinajstić information content (AvgIpc) is 3.03. The summed E-state index contributed by atoms with van der Waals surface area (Å²) in [7, 11) is 0. The zero-order chi connectivity index (χ0) is 15.7. The molecule has 0 unspecified atom stereocenters. The predicted molar refractivity (Wildman–Crippen MR) is 86.2 cm³/mol. The molecule has 0 amide bonds. The lowest BCUT2D eigenvalue weighted by Crippen LogP contribution is -2.05. The quantitative estimate of drug-likeness (QED) is 0.576. The van der Waals surface area contributed by atoms with Crippen LogP contribution in [0.25, 0.3) is 11.4 Å². The molecule has 0 aliphatic heterocycles. The van der Waals surface area contributed by atoms with Crippen molar-refractivity contribution < 1.29 is 4.79 Å². The highest BCUT2D eigenvalue weighted by Crippen LogP contribution is 2.24. The Morgan fingerprint density at radius 2 is 2.05 bits per heavy atom. The van der Waals surface area contributed by atoms with Crippen molar-refractivity contribution in [2.75, 3.05) is 0 Å². The summed E-state index contributed by atoms with van der Waals surface area (Å²) in [4.78, 5) is 28.4. The number of hydrogen-bond donors (Lipinski definition) is 2. The van der Waals surface area contributed by atoms with Gasteiger partial charge in [0.1, 0.15) is 0 Å². The third kappa shape index (κ3) is 2.65. The lowest BCUT2D eigenvalue weighted by molar-refractivity contribution is 0.102. The minimum Gasteiger partial charge on any atom is -0.342 e. The standard InChI is InChI=1S/C16H14N4OS/c1-9-8-19-15(20-10(9)2)11-3-4-12(13(22)7-11)14(21)16-17-5-6-18-16/h3-8,22H,1-2H3,(H,17,18). The van der Waals surface area contributed by atoms with Gasteiger partial charge < -0.3 is 4.98 Å². The van der Waals surface area contributed by atoms with Crippen LogP contribution in [0.15, 0.2) is 41.7 Å². The summed E-state index contributed by atoms with van der Waals surface area (Å²) < 4.78 is 0. The Morgan fingerprint density at radius 1 is 1.23 bits per heavy atom. The topological polar surface area (TPSA) is 71.5 Å². The molecule has 2 aromatic heterocycles. The Bertz CT molecular complexity index is 843. The molecule has 2 heterocycles. The number of carbonyl (C=O) groups excluding carboxylic acids is 1. The van der Waals surface area contributed by atoms with Gasteiger partial charge in [0.2, 0.25) is 5.78 Å². The van der Waals surface area contributed by atoms with Crippen molar-refractivity contribution in [2.24, 2.45) is 0 Å². The fraction of sp³-hybridized carbons (Fsp3) is 0.125. The molecule has 22 heavy (non-hydrogen) atoms. The van der Waals surface area contributed by atoms with Crippen molar-refractivity contribution in [2.45, 2.75) is 18.7 Å². The van der Waals surface area contributed by atoms with Crippen LogP contribution >= 0.6 is 12.6 Å². The Kier molecular flexibility index (Phi) is 3.77. The summed E-state index contributed by atoms with van der Waals surface area (Å²) in [5, 5.41) is 0. The predicted octanol–water partition coefficient (Wildman–Crippen LogP) is 3.00. The van der Waals surface area contributed by atoms with Gasteiger partial charge in [-0.15, -0.1) is 12.6 Å². The molecule has 0 aliphatic carbocycles. The van der Waals surface area contributed by atoms with Gasteiger partial charge in [-0.3, -0.25) is 4.79 Å². The highest BCUT2D eigenvalue weighted by atomic mass is 32.1. The second-order valence-electron chi connectivity index (χ2n) is 4.96. The number of aryl methyl sites for hydroxylation is 2. The number of benzene rings is 1. The van der Waals surface area contributed by atoms with Crippen LogP contribution in [-0.4, -0.2) is 25.7 Å². The second kappa shape index (κ2) is 5.73. The van der Waals surface area contributed by atoms with Gasteiger partial charge in [0.25, 0.3) is 0 Å². The number of aromatic amines is 1. The number of hydrogen-bond acceptors (Lipinski definition) is 5. The van der Waals surface area contributed by atoms with E-state index in [0.717, 1.165) is 16.8 Å². The summed E-state index contributed by atoms with van der Waals surface area (Å²) in [5.41, 5.74) is 3.29. The molecule has 0 saturated heterocycles. The normalized spacial score (nSPS) is 10.7. The van der Waals surface area contributed by atoms with Crippen LogP contribution in [0, 0.1) is 13.8 Å². The largest absolute Gasteiger partial charge is 0.342 e. The second-order valence-corrected chi connectivity index (χ2v) is 5.44. The van der Waals surface area contributed by atoms with Crippen LogP contribution in [0.5, 0.6) is 0 Å². The first-order valence-corrected chi connectivity index (χ1v) is 7.18. The summed E-state index contributed by atoms with van der Waals surface area (Å²) in [6.07, 6.45) is 4.95. The summed E-state index contributed by atoms with van der Waals surface area (Å²) in [5.74, 6) is 0.725. The van der Waals surface area contributed by atoms with E-state index in [0.29, 0.717) is 22.1 Å². The van der Waals surface area contributed by atoms with Gasteiger partial charge in [0.15, 0.2) is 11.6 Å². The molecule has 1 aromatic carbocycles. The average molecular weight is 310 g/mol. The van der Waals surface area contributed by atoms with Crippen LogP contribution in [0.3, 0.4) is 0 Å². The number of thiol groups is 1. The number of nitrogens with zero attached hydrogens (tertiary/aromatic N) is 3. The van der Waals surface area contributed by atoms with E-state index in [2.05, 4.69) is 32.6 Å². The van der Waals surface area contributed by atoms with Crippen molar-refractivity contribution in [3.05, 3.63) is 59.4 Å². The minimum absolute atomic E-state index is 0.192. The number of ketones is 1. The van der Waals surface area contributed by atoms with Crippen LogP contribution in [-0.2, 0) is 0 Å². The molecule has 5 nitrogen and oxygen atoms in total.